The molecule has 0 bridgehead atoms. The Morgan fingerprint density at radius 2 is 1.87 bits per heavy atom. The zero-order valence-electron chi connectivity index (χ0n) is 8.08. The van der Waals surface area contributed by atoms with Crippen LogP contribution in [0.1, 0.15) is 12.5 Å². The number of rotatable bonds is 3. The molecular formula is C10H10F3NO. The second-order valence-electron chi connectivity index (χ2n) is 2.72. The van der Waals surface area contributed by atoms with Gasteiger partial charge in [-0.3, -0.25) is 0 Å². The summed E-state index contributed by atoms with van der Waals surface area (Å²) in [6, 6.07) is 7.35. The Balaban J connectivity index is 3.03. The van der Waals surface area contributed by atoms with Crippen molar-refractivity contribution in [2.24, 2.45) is 5.16 Å². The molecule has 2 nitrogen and oxygen atoms in total. The van der Waals surface area contributed by atoms with Crippen LogP contribution in [0.5, 0.6) is 0 Å². The highest BCUT2D eigenvalue weighted by molar-refractivity contribution is 6.04. The van der Waals surface area contributed by atoms with Crippen molar-refractivity contribution in [3.05, 3.63) is 35.9 Å². The predicted octanol–water partition coefficient (Wildman–Crippen LogP) is 2.99. The van der Waals surface area contributed by atoms with E-state index in [-0.39, 0.29) is 12.2 Å². The van der Waals surface area contributed by atoms with Gasteiger partial charge in [0, 0.05) is 5.56 Å². The SMILES string of the molecule is CCON=C(c1ccccc1)C(F)(F)F. The first-order chi connectivity index (χ1) is 7.05. The first kappa shape index (κ1) is 11.6. The number of hydrogen-bond acceptors (Lipinski definition) is 2. The smallest absolute Gasteiger partial charge is 0.396 e. The molecule has 0 heterocycles. The van der Waals surface area contributed by atoms with Crippen molar-refractivity contribution in [1.29, 1.82) is 0 Å². The van der Waals surface area contributed by atoms with Gasteiger partial charge in [-0.15, -0.1) is 0 Å². The van der Waals surface area contributed by atoms with Gasteiger partial charge >= 0.3 is 6.18 Å². The largest absolute Gasteiger partial charge is 0.437 e. The molecule has 0 radical (unpaired) electrons. The Labute approximate surface area is 85.4 Å². The summed E-state index contributed by atoms with van der Waals surface area (Å²) in [5.41, 5.74) is -1.01. The maximum atomic E-state index is 12.5. The summed E-state index contributed by atoms with van der Waals surface area (Å²) in [7, 11) is 0. The van der Waals surface area contributed by atoms with E-state index in [2.05, 4.69) is 9.99 Å². The number of alkyl halides is 3. The van der Waals surface area contributed by atoms with E-state index in [1.54, 1.807) is 13.0 Å². The molecule has 1 aromatic carbocycles. The number of nitrogens with zero attached hydrogens (tertiary/aromatic N) is 1. The van der Waals surface area contributed by atoms with Crippen molar-refractivity contribution in [3.8, 4) is 0 Å². The Kier molecular flexibility index (Phi) is 3.71. The monoisotopic (exact) mass is 217 g/mol. The van der Waals surface area contributed by atoms with Gasteiger partial charge in [0.15, 0.2) is 5.71 Å². The van der Waals surface area contributed by atoms with E-state index in [4.69, 9.17) is 0 Å². The Morgan fingerprint density at radius 1 is 1.27 bits per heavy atom. The lowest BCUT2D eigenvalue weighted by Gasteiger charge is -2.09. The molecule has 0 saturated carbocycles. The molecule has 0 unspecified atom stereocenters. The Morgan fingerprint density at radius 3 is 2.33 bits per heavy atom. The summed E-state index contributed by atoms with van der Waals surface area (Å²) in [6.45, 7) is 1.68. The van der Waals surface area contributed by atoms with Gasteiger partial charge in [-0.2, -0.15) is 13.2 Å². The molecule has 15 heavy (non-hydrogen) atoms. The van der Waals surface area contributed by atoms with Crippen LogP contribution < -0.4 is 0 Å². The van der Waals surface area contributed by atoms with Crippen molar-refractivity contribution in [1.82, 2.24) is 0 Å². The van der Waals surface area contributed by atoms with Gasteiger partial charge in [0.25, 0.3) is 0 Å². The van der Waals surface area contributed by atoms with Crippen molar-refractivity contribution < 1.29 is 18.0 Å². The molecule has 5 heteroatoms. The molecule has 0 N–H and O–H groups in total. The average Bonchev–Trinajstić information content (AvgIpc) is 2.18. The minimum absolute atomic E-state index is 0.00144. The highest BCUT2D eigenvalue weighted by atomic mass is 19.4. The van der Waals surface area contributed by atoms with Gasteiger partial charge in [-0.1, -0.05) is 35.5 Å². The van der Waals surface area contributed by atoms with Crippen molar-refractivity contribution >= 4 is 5.71 Å². The summed E-state index contributed by atoms with van der Waals surface area (Å²) in [4.78, 5) is 4.44. The van der Waals surface area contributed by atoms with E-state index in [1.807, 2.05) is 0 Å². The van der Waals surface area contributed by atoms with Gasteiger partial charge in [-0.05, 0) is 6.92 Å². The van der Waals surface area contributed by atoms with Gasteiger partial charge < -0.3 is 4.84 Å². The lowest BCUT2D eigenvalue weighted by Crippen LogP contribution is -2.24. The molecule has 1 rings (SSSR count). The van der Waals surface area contributed by atoms with Crippen LogP contribution in [0.15, 0.2) is 35.5 Å². The van der Waals surface area contributed by atoms with Crippen molar-refractivity contribution in [2.45, 2.75) is 13.1 Å². The fourth-order valence-electron chi connectivity index (χ4n) is 0.993. The van der Waals surface area contributed by atoms with Gasteiger partial charge in [-0.25, -0.2) is 0 Å². The first-order valence-corrected chi connectivity index (χ1v) is 4.38. The van der Waals surface area contributed by atoms with Crippen molar-refractivity contribution in [2.75, 3.05) is 6.61 Å². The van der Waals surface area contributed by atoms with Crippen LogP contribution in [-0.2, 0) is 4.84 Å². The van der Waals surface area contributed by atoms with E-state index in [0.29, 0.717) is 0 Å². The summed E-state index contributed by atoms with van der Waals surface area (Å²) < 4.78 is 37.6. The molecular weight excluding hydrogens is 207 g/mol. The lowest BCUT2D eigenvalue weighted by atomic mass is 10.1. The van der Waals surface area contributed by atoms with Gasteiger partial charge in [0.1, 0.15) is 6.61 Å². The molecule has 0 aromatic heterocycles. The van der Waals surface area contributed by atoms with E-state index in [1.165, 1.54) is 24.3 Å². The minimum atomic E-state index is -4.50. The van der Waals surface area contributed by atoms with Crippen molar-refractivity contribution in [3.63, 3.8) is 0 Å². The number of oxime groups is 1. The zero-order valence-corrected chi connectivity index (χ0v) is 8.08. The lowest BCUT2D eigenvalue weighted by molar-refractivity contribution is -0.0613. The van der Waals surface area contributed by atoms with E-state index in [9.17, 15) is 13.2 Å². The number of hydrogen-bond donors (Lipinski definition) is 0. The standard InChI is InChI=1S/C10H10F3NO/c1-2-15-14-9(10(11,12)13)8-6-4-3-5-7-8/h3-7H,2H2,1H3. The van der Waals surface area contributed by atoms with Crippen LogP contribution in [0.3, 0.4) is 0 Å². The van der Waals surface area contributed by atoms with Crippen LogP contribution in [0.2, 0.25) is 0 Å². The summed E-state index contributed by atoms with van der Waals surface area (Å²) in [6.07, 6.45) is -4.50. The second-order valence-corrected chi connectivity index (χ2v) is 2.72. The fourth-order valence-corrected chi connectivity index (χ4v) is 0.993. The molecule has 82 valence electrons. The van der Waals surface area contributed by atoms with Crippen LogP contribution in [0.4, 0.5) is 13.2 Å². The van der Waals surface area contributed by atoms with E-state index in [0.717, 1.165) is 0 Å². The van der Waals surface area contributed by atoms with Crippen LogP contribution in [-0.4, -0.2) is 18.5 Å². The molecule has 0 spiro atoms. The van der Waals surface area contributed by atoms with Gasteiger partial charge in [0.05, 0.1) is 0 Å². The van der Waals surface area contributed by atoms with E-state index < -0.39 is 11.9 Å². The first-order valence-electron chi connectivity index (χ1n) is 4.38. The minimum Gasteiger partial charge on any atom is -0.396 e. The predicted molar refractivity (Wildman–Crippen MR) is 50.7 cm³/mol. The fraction of sp³-hybridized carbons (Fsp3) is 0.300. The third-order valence-corrected chi connectivity index (χ3v) is 1.60. The molecule has 1 aromatic rings. The summed E-state index contributed by atoms with van der Waals surface area (Å²) >= 11 is 0. The third-order valence-electron chi connectivity index (χ3n) is 1.60. The molecule has 0 aliphatic rings. The number of benzene rings is 1. The maximum absolute atomic E-state index is 12.5. The molecule has 0 aliphatic carbocycles. The topological polar surface area (TPSA) is 21.6 Å². The zero-order chi connectivity index (χ0) is 11.3. The summed E-state index contributed by atoms with van der Waals surface area (Å²) in [5, 5.41) is 3.08. The Bertz CT molecular complexity index is 332. The van der Waals surface area contributed by atoms with E-state index >= 15 is 0 Å². The average molecular weight is 217 g/mol. The molecule has 0 fully saturated rings. The van der Waals surface area contributed by atoms with Crippen LogP contribution in [0.25, 0.3) is 0 Å². The van der Waals surface area contributed by atoms with Gasteiger partial charge in [0.2, 0.25) is 0 Å². The van der Waals surface area contributed by atoms with Crippen LogP contribution >= 0.6 is 0 Å². The highest BCUT2D eigenvalue weighted by Crippen LogP contribution is 2.22. The molecule has 0 aliphatic heterocycles. The normalized spacial score (nSPS) is 12.7. The maximum Gasteiger partial charge on any atom is 0.437 e. The molecule has 0 atom stereocenters. The quantitative estimate of drug-likeness (QED) is 0.563. The Hall–Kier alpha value is -1.52. The molecule has 0 saturated heterocycles. The third kappa shape index (κ3) is 3.27. The van der Waals surface area contributed by atoms with Crippen LogP contribution in [0, 0.1) is 0 Å². The highest BCUT2D eigenvalue weighted by Gasteiger charge is 2.37. The number of halogens is 3. The summed E-state index contributed by atoms with van der Waals surface area (Å²) in [5.74, 6) is 0. The molecule has 0 amide bonds. The second kappa shape index (κ2) is 4.82.